The van der Waals surface area contributed by atoms with Crippen molar-refractivity contribution in [1.82, 2.24) is 0 Å². The normalized spacial score (nSPS) is 10.9. The van der Waals surface area contributed by atoms with Gasteiger partial charge in [0.25, 0.3) is 0 Å². The first kappa shape index (κ1) is 24.9. The smallest absolute Gasteiger partial charge is 0.341 e. The van der Waals surface area contributed by atoms with Gasteiger partial charge >= 0.3 is 12.0 Å². The Morgan fingerprint density at radius 3 is 2.16 bits per heavy atom. The summed E-state index contributed by atoms with van der Waals surface area (Å²) in [6.45, 7) is 9.22. The summed E-state index contributed by atoms with van der Waals surface area (Å²) in [6, 6.07) is 7.01. The first-order chi connectivity index (χ1) is 15.0. The number of amides is 2. The molecule has 0 unspecified atom stereocenters. The van der Waals surface area contributed by atoms with Gasteiger partial charge in [-0.15, -0.1) is 0 Å². The summed E-state index contributed by atoms with van der Waals surface area (Å²) in [5, 5.41) is 13.9. The number of urea groups is 1. The molecule has 0 fully saturated rings. The minimum Gasteiger partial charge on any atom is -0.482 e. The number of nitrogens with zero attached hydrogens (tertiary/aromatic N) is 1. The van der Waals surface area contributed by atoms with Gasteiger partial charge in [-0.3, -0.25) is 0 Å². The number of halogens is 2. The van der Waals surface area contributed by atoms with Crippen LogP contribution >= 0.6 is 0 Å². The third-order valence-electron chi connectivity index (χ3n) is 4.27. The predicted octanol–water partition coefficient (Wildman–Crippen LogP) is 5.19. The second kappa shape index (κ2) is 11.3. The lowest BCUT2D eigenvalue weighted by Gasteiger charge is -2.30. The Hall–Kier alpha value is -3.36. The van der Waals surface area contributed by atoms with Crippen molar-refractivity contribution < 1.29 is 28.2 Å². The number of carbonyl (C=O) groups is 2. The van der Waals surface area contributed by atoms with Crippen LogP contribution in [0.5, 0.6) is 5.75 Å². The molecule has 0 atom stereocenters. The zero-order chi connectivity index (χ0) is 23.8. The standard InChI is InChI=1S/C23H29F2N3O4/c1-14(2)11-28(12-15(3)4)21-8-6-17(32-13-22(29)30)10-20(21)27-23(31)26-19-7-5-16(24)9-18(19)25/h5-10,14-15H,11-13H2,1-4H3,(H,29,30)(H2,26,27,31). The van der Waals surface area contributed by atoms with Crippen molar-refractivity contribution in [2.75, 3.05) is 35.2 Å². The van der Waals surface area contributed by atoms with Crippen molar-refractivity contribution in [3.8, 4) is 5.75 Å². The Kier molecular flexibility index (Phi) is 8.80. The third kappa shape index (κ3) is 7.72. The van der Waals surface area contributed by atoms with Gasteiger partial charge in [-0.2, -0.15) is 0 Å². The molecule has 0 aliphatic rings. The summed E-state index contributed by atoms with van der Waals surface area (Å²) < 4.78 is 32.3. The van der Waals surface area contributed by atoms with Crippen molar-refractivity contribution in [3.05, 3.63) is 48.0 Å². The average molecular weight is 449 g/mol. The molecule has 0 aromatic heterocycles. The summed E-state index contributed by atoms with van der Waals surface area (Å²) >= 11 is 0. The van der Waals surface area contributed by atoms with Crippen LogP contribution in [0.4, 0.5) is 30.6 Å². The number of carboxylic acid groups (broad SMARTS) is 1. The molecule has 0 radical (unpaired) electrons. The van der Waals surface area contributed by atoms with Crippen LogP contribution < -0.4 is 20.3 Å². The second-order valence-corrected chi connectivity index (χ2v) is 8.26. The Bertz CT molecular complexity index is 941. The maximum Gasteiger partial charge on any atom is 0.341 e. The molecule has 0 heterocycles. The molecule has 3 N–H and O–H groups in total. The number of aliphatic carboxylic acids is 1. The second-order valence-electron chi connectivity index (χ2n) is 8.26. The highest BCUT2D eigenvalue weighted by Gasteiger charge is 2.18. The number of hydrogen-bond donors (Lipinski definition) is 3. The molecule has 2 aromatic carbocycles. The van der Waals surface area contributed by atoms with Crippen molar-refractivity contribution in [3.63, 3.8) is 0 Å². The first-order valence-corrected chi connectivity index (χ1v) is 10.3. The van der Waals surface area contributed by atoms with Crippen LogP contribution in [0, 0.1) is 23.5 Å². The first-order valence-electron chi connectivity index (χ1n) is 10.3. The van der Waals surface area contributed by atoms with E-state index in [-0.39, 0.29) is 11.4 Å². The maximum atomic E-state index is 13.9. The monoisotopic (exact) mass is 449 g/mol. The van der Waals surface area contributed by atoms with Gasteiger partial charge in [0.05, 0.1) is 17.1 Å². The SMILES string of the molecule is CC(C)CN(CC(C)C)c1ccc(OCC(=O)O)cc1NC(=O)Nc1ccc(F)cc1F. The molecule has 7 nitrogen and oxygen atoms in total. The molecular formula is C23H29F2N3O4. The number of hydrogen-bond acceptors (Lipinski definition) is 4. The molecule has 2 amide bonds. The predicted molar refractivity (Wildman–Crippen MR) is 120 cm³/mol. The number of carboxylic acids is 1. The minimum atomic E-state index is -1.13. The van der Waals surface area contributed by atoms with Crippen LogP contribution in [-0.4, -0.2) is 36.8 Å². The van der Waals surface area contributed by atoms with Gasteiger partial charge in [0.2, 0.25) is 0 Å². The summed E-state index contributed by atoms with van der Waals surface area (Å²) in [6.07, 6.45) is 0. The molecule has 174 valence electrons. The molecule has 0 saturated heterocycles. The van der Waals surface area contributed by atoms with Gasteiger partial charge in [-0.25, -0.2) is 18.4 Å². The number of nitrogens with one attached hydrogen (secondary N) is 2. The van der Waals surface area contributed by atoms with E-state index in [4.69, 9.17) is 9.84 Å². The van der Waals surface area contributed by atoms with Crippen LogP contribution in [0.1, 0.15) is 27.7 Å². The number of carbonyl (C=O) groups excluding carboxylic acids is 1. The van der Waals surface area contributed by atoms with Crippen LogP contribution in [0.25, 0.3) is 0 Å². The van der Waals surface area contributed by atoms with Crippen LogP contribution in [0.2, 0.25) is 0 Å². The number of anilines is 3. The van der Waals surface area contributed by atoms with Crippen molar-refractivity contribution >= 4 is 29.1 Å². The van der Waals surface area contributed by atoms with E-state index in [2.05, 4.69) is 43.2 Å². The molecule has 0 bridgehead atoms. The van der Waals surface area contributed by atoms with E-state index < -0.39 is 30.2 Å². The van der Waals surface area contributed by atoms with Crippen molar-refractivity contribution in [2.45, 2.75) is 27.7 Å². The summed E-state index contributed by atoms with van der Waals surface area (Å²) in [4.78, 5) is 25.5. The molecule has 32 heavy (non-hydrogen) atoms. The highest BCUT2D eigenvalue weighted by Crippen LogP contribution is 2.32. The Balaban J connectivity index is 2.34. The van der Waals surface area contributed by atoms with Crippen LogP contribution in [-0.2, 0) is 4.79 Å². The maximum absolute atomic E-state index is 13.9. The highest BCUT2D eigenvalue weighted by atomic mass is 19.1. The summed E-state index contributed by atoms with van der Waals surface area (Å²) in [7, 11) is 0. The molecule has 2 rings (SSSR count). The highest BCUT2D eigenvalue weighted by molar-refractivity contribution is 6.02. The topological polar surface area (TPSA) is 90.9 Å². The van der Waals surface area contributed by atoms with Crippen molar-refractivity contribution in [2.24, 2.45) is 11.8 Å². The number of ether oxygens (including phenoxy) is 1. The largest absolute Gasteiger partial charge is 0.482 e. The molecule has 0 aliphatic heterocycles. The molecule has 9 heteroatoms. The van der Waals surface area contributed by atoms with Crippen LogP contribution in [0.3, 0.4) is 0 Å². The molecule has 2 aromatic rings. The average Bonchev–Trinajstić information content (AvgIpc) is 2.67. The van der Waals surface area contributed by atoms with E-state index in [0.29, 0.717) is 29.3 Å². The molecule has 0 spiro atoms. The fraction of sp³-hybridized carbons (Fsp3) is 0.391. The van der Waals surface area contributed by atoms with Crippen LogP contribution in [0.15, 0.2) is 36.4 Å². The lowest BCUT2D eigenvalue weighted by atomic mass is 10.1. The lowest BCUT2D eigenvalue weighted by molar-refractivity contribution is -0.139. The van der Waals surface area contributed by atoms with Gasteiger partial charge in [0, 0.05) is 25.2 Å². The van der Waals surface area contributed by atoms with E-state index >= 15 is 0 Å². The van der Waals surface area contributed by atoms with Gasteiger partial charge in [-0.05, 0) is 36.1 Å². The van der Waals surface area contributed by atoms with Gasteiger partial charge in [0.1, 0.15) is 17.4 Å². The Morgan fingerprint density at radius 1 is 0.969 bits per heavy atom. The zero-order valence-corrected chi connectivity index (χ0v) is 18.6. The van der Waals surface area contributed by atoms with E-state index in [1.807, 2.05) is 0 Å². The molecule has 0 saturated carbocycles. The minimum absolute atomic E-state index is 0.176. The number of benzene rings is 2. The van der Waals surface area contributed by atoms with E-state index in [1.165, 1.54) is 6.07 Å². The third-order valence-corrected chi connectivity index (χ3v) is 4.27. The zero-order valence-electron chi connectivity index (χ0n) is 18.6. The van der Waals surface area contributed by atoms with E-state index in [9.17, 15) is 18.4 Å². The molecule has 0 aliphatic carbocycles. The van der Waals surface area contributed by atoms with E-state index in [1.54, 1.807) is 12.1 Å². The molecular weight excluding hydrogens is 420 g/mol. The van der Waals surface area contributed by atoms with Gasteiger partial charge in [-0.1, -0.05) is 27.7 Å². The van der Waals surface area contributed by atoms with E-state index in [0.717, 1.165) is 25.2 Å². The Morgan fingerprint density at radius 2 is 1.59 bits per heavy atom. The van der Waals surface area contributed by atoms with Crippen molar-refractivity contribution in [1.29, 1.82) is 0 Å². The summed E-state index contributed by atoms with van der Waals surface area (Å²) in [5.41, 5.74) is 0.906. The Labute approximate surface area is 186 Å². The lowest BCUT2D eigenvalue weighted by Crippen LogP contribution is -2.32. The fourth-order valence-electron chi connectivity index (χ4n) is 3.15. The summed E-state index contributed by atoms with van der Waals surface area (Å²) in [5.74, 6) is -1.85. The van der Waals surface area contributed by atoms with Gasteiger partial charge in [0.15, 0.2) is 6.61 Å². The fourth-order valence-corrected chi connectivity index (χ4v) is 3.15. The van der Waals surface area contributed by atoms with Gasteiger partial charge < -0.3 is 25.4 Å². The number of rotatable bonds is 10. The quantitative estimate of drug-likeness (QED) is 0.464.